The summed E-state index contributed by atoms with van der Waals surface area (Å²) in [6.45, 7) is 4.72. The topological polar surface area (TPSA) is 42.3 Å². The molecule has 0 amide bonds. The zero-order valence-corrected chi connectivity index (χ0v) is 10.7. The highest BCUT2D eigenvalue weighted by atomic mass is 16.5. The third-order valence-electron chi connectivity index (χ3n) is 3.07. The molecule has 1 saturated heterocycles. The van der Waals surface area contributed by atoms with Crippen LogP contribution in [0.15, 0.2) is 12.4 Å². The van der Waals surface area contributed by atoms with Crippen molar-refractivity contribution < 1.29 is 4.74 Å². The van der Waals surface area contributed by atoms with Gasteiger partial charge in [-0.3, -0.25) is 4.68 Å². The number of hydrogen-bond donors (Lipinski definition) is 1. The van der Waals surface area contributed by atoms with Crippen molar-refractivity contribution in [3.05, 3.63) is 18.0 Å². The highest BCUT2D eigenvalue weighted by molar-refractivity contribution is 5.02. The first-order chi connectivity index (χ1) is 8.24. The quantitative estimate of drug-likeness (QED) is 0.797. The first kappa shape index (κ1) is 12.5. The molecule has 5 nitrogen and oxygen atoms in total. The Morgan fingerprint density at radius 3 is 3.18 bits per heavy atom. The average molecular weight is 238 g/mol. The second-order valence-electron chi connectivity index (χ2n) is 4.77. The second kappa shape index (κ2) is 6.14. The molecule has 0 saturated carbocycles. The summed E-state index contributed by atoms with van der Waals surface area (Å²) in [5, 5.41) is 7.65. The second-order valence-corrected chi connectivity index (χ2v) is 4.77. The molecule has 0 aliphatic carbocycles. The molecule has 5 heteroatoms. The van der Waals surface area contributed by atoms with E-state index in [1.54, 1.807) is 0 Å². The lowest BCUT2D eigenvalue weighted by atomic mass is 10.2. The van der Waals surface area contributed by atoms with Gasteiger partial charge in [0.2, 0.25) is 0 Å². The van der Waals surface area contributed by atoms with Gasteiger partial charge in [-0.05, 0) is 20.0 Å². The minimum absolute atomic E-state index is 0.514. The maximum atomic E-state index is 5.44. The van der Waals surface area contributed by atoms with Crippen LogP contribution in [0.3, 0.4) is 0 Å². The third-order valence-corrected chi connectivity index (χ3v) is 3.07. The molecule has 1 atom stereocenters. The summed E-state index contributed by atoms with van der Waals surface area (Å²) in [7, 11) is 4.10. The van der Waals surface area contributed by atoms with Crippen molar-refractivity contribution in [1.29, 1.82) is 0 Å². The summed E-state index contributed by atoms with van der Waals surface area (Å²) in [5.41, 5.74) is 1.27. The van der Waals surface area contributed by atoms with Crippen molar-refractivity contribution >= 4 is 0 Å². The monoisotopic (exact) mass is 238 g/mol. The minimum Gasteiger partial charge on any atom is -0.379 e. The number of morpholine rings is 1. The minimum atomic E-state index is 0.514. The fourth-order valence-electron chi connectivity index (χ4n) is 2.13. The van der Waals surface area contributed by atoms with Gasteiger partial charge in [-0.2, -0.15) is 5.10 Å². The molecule has 17 heavy (non-hydrogen) atoms. The molecule has 1 unspecified atom stereocenters. The van der Waals surface area contributed by atoms with Crippen LogP contribution in [0.25, 0.3) is 0 Å². The Bertz CT molecular complexity index is 333. The zero-order chi connectivity index (χ0) is 12.1. The standard InChI is InChI=1S/C12H22N4O/c1-15(8-11-7-14-16(2)9-11)5-3-12-10-17-6-4-13-12/h7,9,12-13H,3-6,8,10H2,1-2H3. The molecule has 2 rings (SSSR count). The molecule has 1 fully saturated rings. The Balaban J connectivity index is 1.68. The van der Waals surface area contributed by atoms with E-state index in [0.717, 1.165) is 39.3 Å². The maximum absolute atomic E-state index is 5.44. The van der Waals surface area contributed by atoms with Gasteiger partial charge in [0, 0.05) is 37.9 Å². The van der Waals surface area contributed by atoms with Crippen molar-refractivity contribution in [3.8, 4) is 0 Å². The molecule has 1 aliphatic rings. The molecule has 1 N–H and O–H groups in total. The van der Waals surface area contributed by atoms with E-state index in [9.17, 15) is 0 Å². The fourth-order valence-corrected chi connectivity index (χ4v) is 2.13. The van der Waals surface area contributed by atoms with Crippen LogP contribution in [0.5, 0.6) is 0 Å². The van der Waals surface area contributed by atoms with Gasteiger partial charge >= 0.3 is 0 Å². The summed E-state index contributed by atoms with van der Waals surface area (Å²) < 4.78 is 7.29. The van der Waals surface area contributed by atoms with Crippen LogP contribution in [-0.2, 0) is 18.3 Å². The number of hydrogen-bond acceptors (Lipinski definition) is 4. The Morgan fingerprint density at radius 2 is 2.53 bits per heavy atom. The van der Waals surface area contributed by atoms with Gasteiger partial charge in [0.1, 0.15) is 0 Å². The Hall–Kier alpha value is -0.910. The van der Waals surface area contributed by atoms with E-state index in [1.165, 1.54) is 5.56 Å². The van der Waals surface area contributed by atoms with E-state index in [0.29, 0.717) is 6.04 Å². The molecule has 2 heterocycles. The van der Waals surface area contributed by atoms with Crippen molar-refractivity contribution in [3.63, 3.8) is 0 Å². The van der Waals surface area contributed by atoms with Crippen LogP contribution in [0.1, 0.15) is 12.0 Å². The number of aromatic nitrogens is 2. The van der Waals surface area contributed by atoms with Crippen LogP contribution >= 0.6 is 0 Å². The number of nitrogens with zero attached hydrogens (tertiary/aromatic N) is 3. The molecule has 96 valence electrons. The first-order valence-corrected chi connectivity index (χ1v) is 6.21. The van der Waals surface area contributed by atoms with Crippen molar-refractivity contribution in [2.45, 2.75) is 19.0 Å². The number of nitrogens with one attached hydrogen (secondary N) is 1. The van der Waals surface area contributed by atoms with E-state index in [-0.39, 0.29) is 0 Å². The van der Waals surface area contributed by atoms with E-state index in [4.69, 9.17) is 4.74 Å². The smallest absolute Gasteiger partial charge is 0.0620 e. The van der Waals surface area contributed by atoms with E-state index < -0.39 is 0 Å². The fraction of sp³-hybridized carbons (Fsp3) is 0.750. The molecular weight excluding hydrogens is 216 g/mol. The highest BCUT2D eigenvalue weighted by Crippen LogP contribution is 2.04. The molecule has 0 radical (unpaired) electrons. The van der Waals surface area contributed by atoms with Gasteiger partial charge in [-0.15, -0.1) is 0 Å². The molecule has 1 aromatic heterocycles. The van der Waals surface area contributed by atoms with Crippen LogP contribution in [0.2, 0.25) is 0 Å². The van der Waals surface area contributed by atoms with Crippen LogP contribution in [0, 0.1) is 0 Å². The van der Waals surface area contributed by atoms with Crippen LogP contribution < -0.4 is 5.32 Å². The summed E-state index contributed by atoms with van der Waals surface area (Å²) in [6.07, 6.45) is 5.13. The predicted octanol–water partition coefficient (Wildman–Crippen LogP) is 0.230. The predicted molar refractivity (Wildman–Crippen MR) is 66.8 cm³/mol. The lowest BCUT2D eigenvalue weighted by molar-refractivity contribution is 0.0708. The van der Waals surface area contributed by atoms with Gasteiger partial charge in [0.25, 0.3) is 0 Å². The number of ether oxygens (including phenoxy) is 1. The van der Waals surface area contributed by atoms with Gasteiger partial charge in [0.15, 0.2) is 0 Å². The number of rotatable bonds is 5. The molecule has 0 spiro atoms. The van der Waals surface area contributed by atoms with Crippen LogP contribution in [0.4, 0.5) is 0 Å². The third kappa shape index (κ3) is 4.11. The summed E-state index contributed by atoms with van der Waals surface area (Å²) in [6, 6.07) is 0.514. The van der Waals surface area contributed by atoms with E-state index in [2.05, 4.69) is 28.6 Å². The zero-order valence-electron chi connectivity index (χ0n) is 10.7. The lowest BCUT2D eigenvalue weighted by Gasteiger charge is -2.25. The Morgan fingerprint density at radius 1 is 1.65 bits per heavy atom. The Labute approximate surface area is 103 Å². The summed E-state index contributed by atoms with van der Waals surface area (Å²) in [5.74, 6) is 0. The van der Waals surface area contributed by atoms with Crippen molar-refractivity contribution in [2.75, 3.05) is 33.4 Å². The van der Waals surface area contributed by atoms with Gasteiger partial charge in [-0.1, -0.05) is 0 Å². The Kier molecular flexibility index (Phi) is 4.53. The molecular formula is C12H22N4O. The average Bonchev–Trinajstić information content (AvgIpc) is 2.73. The van der Waals surface area contributed by atoms with E-state index in [1.807, 2.05) is 17.9 Å². The normalized spacial score (nSPS) is 21.0. The molecule has 0 bridgehead atoms. The summed E-state index contributed by atoms with van der Waals surface area (Å²) in [4.78, 5) is 2.33. The molecule has 1 aromatic rings. The van der Waals surface area contributed by atoms with Crippen molar-refractivity contribution in [2.24, 2.45) is 7.05 Å². The largest absolute Gasteiger partial charge is 0.379 e. The SMILES string of the molecule is CN(CCC1COCCN1)Cc1cnn(C)c1. The van der Waals surface area contributed by atoms with Gasteiger partial charge < -0.3 is 15.0 Å². The lowest BCUT2D eigenvalue weighted by Crippen LogP contribution is -2.42. The van der Waals surface area contributed by atoms with Crippen molar-refractivity contribution in [1.82, 2.24) is 20.0 Å². The molecule has 0 aromatic carbocycles. The van der Waals surface area contributed by atoms with Gasteiger partial charge in [-0.25, -0.2) is 0 Å². The number of aryl methyl sites for hydroxylation is 1. The van der Waals surface area contributed by atoms with E-state index >= 15 is 0 Å². The first-order valence-electron chi connectivity index (χ1n) is 6.21. The maximum Gasteiger partial charge on any atom is 0.0620 e. The summed E-state index contributed by atoms with van der Waals surface area (Å²) >= 11 is 0. The molecule has 1 aliphatic heterocycles. The van der Waals surface area contributed by atoms with Gasteiger partial charge in [0.05, 0.1) is 19.4 Å². The van der Waals surface area contributed by atoms with Crippen LogP contribution in [-0.4, -0.2) is 54.1 Å². The highest BCUT2D eigenvalue weighted by Gasteiger charge is 2.13.